The molecule has 0 aliphatic rings. The molecule has 0 fully saturated rings. The lowest BCUT2D eigenvalue weighted by Gasteiger charge is -2.11. The van der Waals surface area contributed by atoms with E-state index in [-0.39, 0.29) is 0 Å². The summed E-state index contributed by atoms with van der Waals surface area (Å²) in [6, 6.07) is 7.73. The molecule has 0 aromatic heterocycles. The third-order valence-corrected chi connectivity index (χ3v) is 3.43. The summed E-state index contributed by atoms with van der Waals surface area (Å²) in [5, 5.41) is 1.88. The lowest BCUT2D eigenvalue weighted by Crippen LogP contribution is -2.02. The molecule has 6 N–H and O–H groups in total. The number of nitrogens with two attached hydrogens (primary N) is 3. The molecule has 14 heavy (non-hydrogen) atoms. The van der Waals surface area contributed by atoms with E-state index in [2.05, 4.69) is 22.6 Å². The lowest BCUT2D eigenvalue weighted by atomic mass is 10.1. The number of hydrogen-bond acceptors (Lipinski definition) is 3. The SMILES string of the molecule is Nc1c(I)c(N)c2ccccc2c1N. The Morgan fingerprint density at radius 1 is 0.786 bits per heavy atom. The van der Waals surface area contributed by atoms with Crippen LogP contribution in [0, 0.1) is 3.57 Å². The molecule has 0 spiro atoms. The second kappa shape index (κ2) is 3.20. The van der Waals surface area contributed by atoms with Crippen LogP contribution < -0.4 is 17.2 Å². The van der Waals surface area contributed by atoms with E-state index in [0.29, 0.717) is 17.1 Å². The molecule has 0 atom stereocenters. The summed E-state index contributed by atoms with van der Waals surface area (Å²) in [5.41, 5.74) is 19.6. The van der Waals surface area contributed by atoms with Gasteiger partial charge in [-0.1, -0.05) is 24.3 Å². The Kier molecular flexibility index (Phi) is 2.14. The highest BCUT2D eigenvalue weighted by Gasteiger charge is 2.10. The van der Waals surface area contributed by atoms with E-state index < -0.39 is 0 Å². The van der Waals surface area contributed by atoms with Crippen molar-refractivity contribution >= 4 is 50.4 Å². The fourth-order valence-corrected chi connectivity index (χ4v) is 2.06. The first-order chi connectivity index (χ1) is 6.63. The smallest absolute Gasteiger partial charge is 0.0711 e. The molecule has 0 aliphatic carbocycles. The molecule has 72 valence electrons. The second-order valence-corrected chi connectivity index (χ2v) is 4.18. The predicted molar refractivity (Wildman–Crippen MR) is 69.9 cm³/mol. The van der Waals surface area contributed by atoms with Gasteiger partial charge >= 0.3 is 0 Å². The van der Waals surface area contributed by atoms with E-state index in [4.69, 9.17) is 17.2 Å². The standard InChI is InChI=1S/C10H10IN3/c11-7-8(12)5-3-1-2-4-6(5)9(13)10(7)14/h1-4H,12-14H2. The molecule has 2 aromatic carbocycles. The summed E-state index contributed by atoms with van der Waals surface area (Å²) in [4.78, 5) is 0. The highest BCUT2D eigenvalue weighted by Crippen LogP contribution is 2.36. The number of rotatable bonds is 0. The van der Waals surface area contributed by atoms with Crippen molar-refractivity contribution in [3.63, 3.8) is 0 Å². The molecular weight excluding hydrogens is 289 g/mol. The van der Waals surface area contributed by atoms with Crippen LogP contribution in [0.3, 0.4) is 0 Å². The topological polar surface area (TPSA) is 78.1 Å². The summed E-state index contributed by atoms with van der Waals surface area (Å²) in [6.45, 7) is 0. The van der Waals surface area contributed by atoms with Gasteiger partial charge in [0, 0.05) is 10.8 Å². The highest BCUT2D eigenvalue weighted by molar-refractivity contribution is 14.1. The molecule has 3 nitrogen and oxygen atoms in total. The molecule has 0 unspecified atom stereocenters. The molecule has 0 amide bonds. The summed E-state index contributed by atoms with van der Waals surface area (Å²) in [7, 11) is 0. The number of benzene rings is 2. The van der Waals surface area contributed by atoms with Crippen molar-refractivity contribution in [2.24, 2.45) is 0 Å². The molecule has 0 bridgehead atoms. The van der Waals surface area contributed by atoms with Crippen LogP contribution >= 0.6 is 22.6 Å². The number of anilines is 3. The molecule has 2 rings (SSSR count). The van der Waals surface area contributed by atoms with Crippen LogP contribution in [-0.4, -0.2) is 0 Å². The van der Waals surface area contributed by atoms with Crippen LogP contribution in [0.2, 0.25) is 0 Å². The maximum Gasteiger partial charge on any atom is 0.0711 e. The maximum atomic E-state index is 5.94. The Hall–Kier alpha value is -1.17. The van der Waals surface area contributed by atoms with E-state index in [1.165, 1.54) is 0 Å². The third-order valence-electron chi connectivity index (χ3n) is 2.27. The number of nitrogen functional groups attached to an aromatic ring is 3. The Morgan fingerprint density at radius 2 is 1.29 bits per heavy atom. The molecule has 0 radical (unpaired) electrons. The van der Waals surface area contributed by atoms with Gasteiger partial charge in [-0.2, -0.15) is 0 Å². The zero-order chi connectivity index (χ0) is 10.3. The van der Waals surface area contributed by atoms with Crippen molar-refractivity contribution in [2.45, 2.75) is 0 Å². The Bertz CT molecular complexity index is 462. The molecule has 4 heteroatoms. The number of fused-ring (bicyclic) bond motifs is 1. The van der Waals surface area contributed by atoms with Crippen LogP contribution in [0.1, 0.15) is 0 Å². The van der Waals surface area contributed by atoms with Crippen LogP contribution in [0.25, 0.3) is 10.8 Å². The molecule has 0 saturated heterocycles. The van der Waals surface area contributed by atoms with E-state index in [0.717, 1.165) is 14.3 Å². The number of halogens is 1. The van der Waals surface area contributed by atoms with Crippen molar-refractivity contribution in [2.75, 3.05) is 17.2 Å². The lowest BCUT2D eigenvalue weighted by molar-refractivity contribution is 1.65. The van der Waals surface area contributed by atoms with E-state index in [1.54, 1.807) is 0 Å². The third kappa shape index (κ3) is 1.18. The first-order valence-corrected chi connectivity index (χ1v) is 5.21. The monoisotopic (exact) mass is 299 g/mol. The van der Waals surface area contributed by atoms with Gasteiger partial charge in [-0.05, 0) is 22.6 Å². The quantitative estimate of drug-likeness (QED) is 0.515. The highest BCUT2D eigenvalue weighted by atomic mass is 127. The van der Waals surface area contributed by atoms with Gasteiger partial charge in [-0.3, -0.25) is 0 Å². The fraction of sp³-hybridized carbons (Fsp3) is 0. The Balaban J connectivity index is 3.02. The summed E-state index contributed by atoms with van der Waals surface area (Å²) < 4.78 is 0.832. The van der Waals surface area contributed by atoms with Crippen LogP contribution in [0.4, 0.5) is 17.1 Å². The van der Waals surface area contributed by atoms with Crippen LogP contribution in [-0.2, 0) is 0 Å². The minimum absolute atomic E-state index is 0.571. The normalized spacial score (nSPS) is 10.6. The van der Waals surface area contributed by atoms with Crippen molar-refractivity contribution in [1.29, 1.82) is 0 Å². The van der Waals surface area contributed by atoms with E-state index in [9.17, 15) is 0 Å². The minimum atomic E-state index is 0.571. The summed E-state index contributed by atoms with van der Waals surface area (Å²) in [6.07, 6.45) is 0. The minimum Gasteiger partial charge on any atom is -0.397 e. The Morgan fingerprint density at radius 3 is 1.86 bits per heavy atom. The Labute approximate surface area is 95.4 Å². The summed E-state index contributed by atoms with van der Waals surface area (Å²) in [5.74, 6) is 0. The largest absolute Gasteiger partial charge is 0.397 e. The molecule has 0 aliphatic heterocycles. The van der Waals surface area contributed by atoms with Gasteiger partial charge in [0.15, 0.2) is 0 Å². The van der Waals surface area contributed by atoms with Gasteiger partial charge in [-0.25, -0.2) is 0 Å². The van der Waals surface area contributed by atoms with Gasteiger partial charge in [0.1, 0.15) is 0 Å². The first kappa shape index (κ1) is 9.39. The van der Waals surface area contributed by atoms with Gasteiger partial charge < -0.3 is 17.2 Å². The number of hydrogen-bond donors (Lipinski definition) is 3. The van der Waals surface area contributed by atoms with Crippen molar-refractivity contribution in [3.8, 4) is 0 Å². The maximum absolute atomic E-state index is 5.94. The second-order valence-electron chi connectivity index (χ2n) is 3.10. The predicted octanol–water partition coefficient (Wildman–Crippen LogP) is 2.19. The van der Waals surface area contributed by atoms with E-state index in [1.807, 2.05) is 24.3 Å². The van der Waals surface area contributed by atoms with Crippen molar-refractivity contribution in [3.05, 3.63) is 27.8 Å². The fourth-order valence-electron chi connectivity index (χ4n) is 1.48. The molecule has 0 heterocycles. The average molecular weight is 299 g/mol. The van der Waals surface area contributed by atoms with Gasteiger partial charge in [-0.15, -0.1) is 0 Å². The molecule has 2 aromatic rings. The van der Waals surface area contributed by atoms with Gasteiger partial charge in [0.25, 0.3) is 0 Å². The molecule has 0 saturated carbocycles. The van der Waals surface area contributed by atoms with Crippen molar-refractivity contribution in [1.82, 2.24) is 0 Å². The first-order valence-electron chi connectivity index (χ1n) is 4.13. The average Bonchev–Trinajstić information content (AvgIpc) is 2.23. The van der Waals surface area contributed by atoms with Crippen LogP contribution in [0.15, 0.2) is 24.3 Å². The zero-order valence-electron chi connectivity index (χ0n) is 7.42. The van der Waals surface area contributed by atoms with Crippen molar-refractivity contribution < 1.29 is 0 Å². The van der Waals surface area contributed by atoms with Gasteiger partial charge in [0.05, 0.1) is 20.6 Å². The van der Waals surface area contributed by atoms with Crippen LogP contribution in [0.5, 0.6) is 0 Å². The van der Waals surface area contributed by atoms with E-state index >= 15 is 0 Å². The zero-order valence-corrected chi connectivity index (χ0v) is 9.58. The summed E-state index contributed by atoms with van der Waals surface area (Å²) >= 11 is 2.11. The molecular formula is C10H10IN3. The van der Waals surface area contributed by atoms with Gasteiger partial charge in [0.2, 0.25) is 0 Å².